The molecular weight excluding hydrogens is 204 g/mol. The van der Waals surface area contributed by atoms with Gasteiger partial charge in [0.1, 0.15) is 0 Å². The minimum absolute atomic E-state index is 0.0869. The number of hydrogen-bond acceptors (Lipinski definition) is 3. The van der Waals surface area contributed by atoms with Crippen molar-refractivity contribution in [3.05, 3.63) is 35.1 Å². The molecule has 0 spiro atoms. The number of rotatable bonds is 1. The monoisotopic (exact) mass is 208 g/mol. The Morgan fingerprint density at radius 2 is 1.79 bits per heavy atom. The minimum atomic E-state index is -1.17. The molecule has 0 atom stereocenters. The Morgan fingerprint density at radius 1 is 1.21 bits per heavy atom. The van der Waals surface area contributed by atoms with Gasteiger partial charge in [0.25, 0.3) is 0 Å². The van der Waals surface area contributed by atoms with E-state index in [2.05, 4.69) is 9.97 Å². The molecule has 5 heteroatoms. The lowest BCUT2D eigenvalue weighted by molar-refractivity contribution is 0.0690. The third kappa shape index (κ3) is 1.40. The van der Waals surface area contributed by atoms with Gasteiger partial charge in [0.15, 0.2) is 10.8 Å². The Balaban J connectivity index is 2.77. The first-order valence-electron chi connectivity index (χ1n) is 3.84. The second-order valence-electron chi connectivity index (χ2n) is 2.66. The van der Waals surface area contributed by atoms with E-state index in [1.165, 1.54) is 0 Å². The van der Waals surface area contributed by atoms with E-state index < -0.39 is 5.97 Å². The molecule has 0 radical (unpaired) electrons. The maximum Gasteiger partial charge on any atom is 0.357 e. The minimum Gasteiger partial charge on any atom is -0.476 e. The second-order valence-corrected chi connectivity index (χ2v) is 3.01. The standard InChI is InChI=1S/C9H5ClN2O2/c10-8-7(9(13)14)11-5-3-1-2-4-6(5)12-8/h1-4H,(H,13,14). The third-order valence-corrected chi connectivity index (χ3v) is 1.99. The first-order valence-corrected chi connectivity index (χ1v) is 4.22. The molecule has 0 saturated heterocycles. The van der Waals surface area contributed by atoms with E-state index in [-0.39, 0.29) is 10.8 Å². The quantitative estimate of drug-likeness (QED) is 0.779. The molecule has 2 rings (SSSR count). The molecule has 1 aromatic heterocycles. The molecule has 14 heavy (non-hydrogen) atoms. The van der Waals surface area contributed by atoms with Gasteiger partial charge >= 0.3 is 5.97 Å². The van der Waals surface area contributed by atoms with Crippen LogP contribution in [0.15, 0.2) is 24.3 Å². The van der Waals surface area contributed by atoms with Crippen molar-refractivity contribution in [2.45, 2.75) is 0 Å². The summed E-state index contributed by atoms with van der Waals surface area (Å²) >= 11 is 5.64. The van der Waals surface area contributed by atoms with Crippen LogP contribution in [0, 0.1) is 0 Å². The molecule has 0 aliphatic carbocycles. The second kappa shape index (κ2) is 3.23. The number of para-hydroxylation sites is 2. The van der Waals surface area contributed by atoms with E-state index in [1.807, 2.05) is 0 Å². The predicted molar refractivity (Wildman–Crippen MR) is 51.5 cm³/mol. The van der Waals surface area contributed by atoms with Crippen LogP contribution in [0.4, 0.5) is 0 Å². The smallest absolute Gasteiger partial charge is 0.357 e. The summed E-state index contributed by atoms with van der Waals surface area (Å²) in [6.07, 6.45) is 0. The van der Waals surface area contributed by atoms with Gasteiger partial charge in [0, 0.05) is 0 Å². The molecule has 2 aromatic rings. The van der Waals surface area contributed by atoms with Crippen LogP contribution in [0.2, 0.25) is 5.15 Å². The van der Waals surface area contributed by atoms with Crippen LogP contribution in [-0.2, 0) is 0 Å². The highest BCUT2D eigenvalue weighted by Gasteiger charge is 2.12. The molecule has 1 heterocycles. The lowest BCUT2D eigenvalue weighted by Gasteiger charge is -1.99. The van der Waals surface area contributed by atoms with Crippen LogP contribution in [0.3, 0.4) is 0 Å². The van der Waals surface area contributed by atoms with Crippen molar-refractivity contribution < 1.29 is 9.90 Å². The molecule has 0 fully saturated rings. The highest BCUT2D eigenvalue weighted by molar-refractivity contribution is 6.32. The molecular formula is C9H5ClN2O2. The maximum absolute atomic E-state index is 10.7. The van der Waals surface area contributed by atoms with Gasteiger partial charge < -0.3 is 5.11 Å². The highest BCUT2D eigenvalue weighted by Crippen LogP contribution is 2.16. The summed E-state index contributed by atoms with van der Waals surface area (Å²) in [6.45, 7) is 0. The van der Waals surface area contributed by atoms with E-state index in [1.54, 1.807) is 24.3 Å². The van der Waals surface area contributed by atoms with Crippen molar-refractivity contribution in [3.63, 3.8) is 0 Å². The SMILES string of the molecule is O=C(O)c1nc2ccccc2nc1Cl. The lowest BCUT2D eigenvalue weighted by Crippen LogP contribution is -2.03. The van der Waals surface area contributed by atoms with Gasteiger partial charge in [-0.3, -0.25) is 0 Å². The van der Waals surface area contributed by atoms with E-state index >= 15 is 0 Å². The fourth-order valence-corrected chi connectivity index (χ4v) is 1.33. The molecule has 1 aromatic carbocycles. The molecule has 0 saturated carbocycles. The highest BCUT2D eigenvalue weighted by atomic mass is 35.5. The predicted octanol–water partition coefficient (Wildman–Crippen LogP) is 1.98. The number of halogens is 1. The summed E-state index contributed by atoms with van der Waals surface area (Å²) in [7, 11) is 0. The van der Waals surface area contributed by atoms with Crippen LogP contribution in [0.5, 0.6) is 0 Å². The summed E-state index contributed by atoms with van der Waals surface area (Å²) in [5, 5.41) is 8.65. The van der Waals surface area contributed by atoms with Crippen molar-refractivity contribution in [3.8, 4) is 0 Å². The first kappa shape index (κ1) is 8.90. The van der Waals surface area contributed by atoms with Crippen LogP contribution < -0.4 is 0 Å². The van der Waals surface area contributed by atoms with Crippen LogP contribution in [0.25, 0.3) is 11.0 Å². The van der Waals surface area contributed by atoms with Crippen LogP contribution >= 0.6 is 11.6 Å². The summed E-state index contributed by atoms with van der Waals surface area (Å²) < 4.78 is 0. The van der Waals surface area contributed by atoms with Crippen molar-refractivity contribution >= 4 is 28.6 Å². The third-order valence-electron chi connectivity index (χ3n) is 1.73. The zero-order valence-electron chi connectivity index (χ0n) is 6.94. The normalized spacial score (nSPS) is 10.4. The number of benzene rings is 1. The van der Waals surface area contributed by atoms with Gasteiger partial charge in [-0.1, -0.05) is 23.7 Å². The number of nitrogens with zero attached hydrogens (tertiary/aromatic N) is 2. The molecule has 0 aliphatic heterocycles. The van der Waals surface area contributed by atoms with Crippen molar-refractivity contribution in [1.29, 1.82) is 0 Å². The van der Waals surface area contributed by atoms with Crippen molar-refractivity contribution in [2.75, 3.05) is 0 Å². The Labute approximate surface area is 84.2 Å². The molecule has 0 unspecified atom stereocenters. The summed E-state index contributed by atoms with van der Waals surface area (Å²) in [5.41, 5.74) is 0.891. The average Bonchev–Trinajstić information content (AvgIpc) is 2.16. The van der Waals surface area contributed by atoms with E-state index in [0.29, 0.717) is 11.0 Å². The fourth-order valence-electron chi connectivity index (χ4n) is 1.11. The number of hydrogen-bond donors (Lipinski definition) is 1. The van der Waals surface area contributed by atoms with Gasteiger partial charge in [-0.05, 0) is 12.1 Å². The first-order chi connectivity index (χ1) is 6.68. The average molecular weight is 209 g/mol. The summed E-state index contributed by atoms with van der Waals surface area (Å²) in [5.74, 6) is -1.17. The van der Waals surface area contributed by atoms with E-state index in [9.17, 15) is 4.79 Å². The zero-order valence-corrected chi connectivity index (χ0v) is 7.69. The molecule has 0 bridgehead atoms. The Hall–Kier alpha value is -1.68. The van der Waals surface area contributed by atoms with Gasteiger partial charge in [0.2, 0.25) is 0 Å². The van der Waals surface area contributed by atoms with Gasteiger partial charge in [-0.25, -0.2) is 14.8 Å². The lowest BCUT2D eigenvalue weighted by atomic mass is 10.3. The Bertz CT molecular complexity index is 513. The fraction of sp³-hybridized carbons (Fsp3) is 0. The zero-order chi connectivity index (χ0) is 10.1. The molecule has 0 aliphatic rings. The van der Waals surface area contributed by atoms with Crippen molar-refractivity contribution in [2.24, 2.45) is 0 Å². The topological polar surface area (TPSA) is 63.1 Å². The number of carboxylic acid groups (broad SMARTS) is 1. The molecule has 4 nitrogen and oxygen atoms in total. The molecule has 0 amide bonds. The van der Waals surface area contributed by atoms with E-state index in [4.69, 9.17) is 16.7 Å². The molecule has 70 valence electrons. The number of carboxylic acids is 1. The van der Waals surface area contributed by atoms with Gasteiger partial charge in [0.05, 0.1) is 11.0 Å². The number of carbonyl (C=O) groups is 1. The summed E-state index contributed by atoms with van der Waals surface area (Å²) in [4.78, 5) is 18.5. The number of aromatic carboxylic acids is 1. The molecule has 1 N–H and O–H groups in total. The van der Waals surface area contributed by atoms with Crippen LogP contribution in [0.1, 0.15) is 10.5 Å². The Kier molecular flexibility index (Phi) is 2.05. The maximum atomic E-state index is 10.7. The van der Waals surface area contributed by atoms with Crippen LogP contribution in [-0.4, -0.2) is 21.0 Å². The number of aromatic nitrogens is 2. The van der Waals surface area contributed by atoms with Gasteiger partial charge in [-0.2, -0.15) is 0 Å². The van der Waals surface area contributed by atoms with Gasteiger partial charge in [-0.15, -0.1) is 0 Å². The largest absolute Gasteiger partial charge is 0.476 e. The number of fused-ring (bicyclic) bond motifs is 1. The summed E-state index contributed by atoms with van der Waals surface area (Å²) in [6, 6.07) is 6.95. The Morgan fingerprint density at radius 3 is 2.36 bits per heavy atom. The van der Waals surface area contributed by atoms with Crippen molar-refractivity contribution in [1.82, 2.24) is 9.97 Å². The van der Waals surface area contributed by atoms with E-state index in [0.717, 1.165) is 0 Å².